The number of rotatable bonds is 7. The summed E-state index contributed by atoms with van der Waals surface area (Å²) < 4.78 is 11.0. The molecule has 0 saturated carbocycles. The van der Waals surface area contributed by atoms with Gasteiger partial charge in [0.15, 0.2) is 0 Å². The first-order valence-corrected chi connectivity index (χ1v) is 7.88. The van der Waals surface area contributed by atoms with Crippen LogP contribution in [-0.4, -0.2) is 38.0 Å². The Hall–Kier alpha value is -0.490. The SMILES string of the molecule is CCc1nc(C(NCCOC)C2CCCO2)sc1C. The number of thiazole rings is 1. The highest BCUT2D eigenvalue weighted by Crippen LogP contribution is 2.31. The van der Waals surface area contributed by atoms with E-state index in [4.69, 9.17) is 14.5 Å². The third-order valence-corrected chi connectivity index (χ3v) is 4.61. The quantitative estimate of drug-likeness (QED) is 0.781. The predicted molar refractivity (Wildman–Crippen MR) is 77.8 cm³/mol. The normalized spacial score (nSPS) is 20.9. The fraction of sp³-hybridized carbons (Fsp3) is 0.786. The van der Waals surface area contributed by atoms with E-state index in [1.54, 1.807) is 18.4 Å². The summed E-state index contributed by atoms with van der Waals surface area (Å²) >= 11 is 1.80. The zero-order chi connectivity index (χ0) is 13.7. The zero-order valence-corrected chi connectivity index (χ0v) is 12.9. The molecule has 0 amide bonds. The topological polar surface area (TPSA) is 43.4 Å². The van der Waals surface area contributed by atoms with Crippen LogP contribution in [0.2, 0.25) is 0 Å². The Labute approximate surface area is 119 Å². The van der Waals surface area contributed by atoms with Crippen molar-refractivity contribution in [2.75, 3.05) is 26.9 Å². The average Bonchev–Trinajstić information content (AvgIpc) is 3.04. The molecule has 1 aliphatic heterocycles. The van der Waals surface area contributed by atoms with Crippen LogP contribution in [0.1, 0.15) is 41.4 Å². The molecule has 2 heterocycles. The predicted octanol–water partition coefficient (Wildman–Crippen LogP) is 2.47. The molecule has 0 radical (unpaired) electrons. The first-order chi connectivity index (χ1) is 9.26. The van der Waals surface area contributed by atoms with Crippen molar-refractivity contribution in [2.45, 2.75) is 45.3 Å². The Morgan fingerprint density at radius 3 is 3.00 bits per heavy atom. The molecule has 1 N–H and O–H groups in total. The van der Waals surface area contributed by atoms with Crippen molar-refractivity contribution in [3.8, 4) is 0 Å². The van der Waals surface area contributed by atoms with Gasteiger partial charge in [-0.1, -0.05) is 6.92 Å². The van der Waals surface area contributed by atoms with E-state index in [2.05, 4.69) is 19.2 Å². The molecule has 1 saturated heterocycles. The number of ether oxygens (including phenoxy) is 2. The Bertz CT molecular complexity index is 389. The van der Waals surface area contributed by atoms with Gasteiger partial charge in [0.25, 0.3) is 0 Å². The summed E-state index contributed by atoms with van der Waals surface area (Å²) in [5, 5.41) is 4.71. The van der Waals surface area contributed by atoms with Crippen LogP contribution in [0.25, 0.3) is 0 Å². The maximum atomic E-state index is 5.85. The summed E-state index contributed by atoms with van der Waals surface area (Å²) in [6.07, 6.45) is 3.52. The van der Waals surface area contributed by atoms with Crippen molar-refractivity contribution in [3.63, 3.8) is 0 Å². The molecule has 1 aromatic rings. The van der Waals surface area contributed by atoms with Crippen LogP contribution in [-0.2, 0) is 15.9 Å². The van der Waals surface area contributed by atoms with Crippen LogP contribution in [0.5, 0.6) is 0 Å². The van der Waals surface area contributed by atoms with Gasteiger partial charge in [-0.15, -0.1) is 11.3 Å². The molecule has 19 heavy (non-hydrogen) atoms. The molecule has 2 atom stereocenters. The minimum Gasteiger partial charge on any atom is -0.383 e. The van der Waals surface area contributed by atoms with Crippen LogP contribution in [0.15, 0.2) is 0 Å². The summed E-state index contributed by atoms with van der Waals surface area (Å²) in [5.74, 6) is 0. The second kappa shape index (κ2) is 7.33. The smallest absolute Gasteiger partial charge is 0.113 e. The summed E-state index contributed by atoms with van der Waals surface area (Å²) in [7, 11) is 1.73. The maximum absolute atomic E-state index is 5.85. The second-order valence-corrected chi connectivity index (χ2v) is 6.12. The van der Waals surface area contributed by atoms with Crippen molar-refractivity contribution < 1.29 is 9.47 Å². The highest BCUT2D eigenvalue weighted by molar-refractivity contribution is 7.11. The summed E-state index contributed by atoms with van der Waals surface area (Å²) in [4.78, 5) is 6.11. The van der Waals surface area contributed by atoms with Gasteiger partial charge in [0.1, 0.15) is 5.01 Å². The standard InChI is InChI=1S/C14H24N2O2S/c1-4-11-10(2)19-14(16-11)13(15-7-9-17-3)12-6-5-8-18-12/h12-13,15H,4-9H2,1-3H3. The van der Waals surface area contributed by atoms with E-state index in [0.29, 0.717) is 6.61 Å². The third-order valence-electron chi connectivity index (χ3n) is 3.52. The minimum atomic E-state index is 0.210. The van der Waals surface area contributed by atoms with Gasteiger partial charge in [0, 0.05) is 25.1 Å². The first kappa shape index (κ1) is 14.9. The average molecular weight is 284 g/mol. The molecule has 108 valence electrons. The van der Waals surface area contributed by atoms with Crippen LogP contribution < -0.4 is 5.32 Å². The fourth-order valence-electron chi connectivity index (χ4n) is 2.47. The van der Waals surface area contributed by atoms with E-state index < -0.39 is 0 Å². The van der Waals surface area contributed by atoms with Gasteiger partial charge < -0.3 is 14.8 Å². The molecular weight excluding hydrogens is 260 g/mol. The van der Waals surface area contributed by atoms with Crippen molar-refractivity contribution in [2.24, 2.45) is 0 Å². The largest absolute Gasteiger partial charge is 0.383 e. The van der Waals surface area contributed by atoms with E-state index in [1.807, 2.05) is 0 Å². The monoisotopic (exact) mass is 284 g/mol. The Kier molecular flexibility index (Phi) is 5.76. The number of nitrogens with one attached hydrogen (secondary N) is 1. The van der Waals surface area contributed by atoms with E-state index in [1.165, 1.54) is 10.6 Å². The minimum absolute atomic E-state index is 0.210. The number of methoxy groups -OCH3 is 1. The zero-order valence-electron chi connectivity index (χ0n) is 12.1. The van der Waals surface area contributed by atoms with Gasteiger partial charge in [-0.25, -0.2) is 4.98 Å². The molecule has 2 rings (SSSR count). The van der Waals surface area contributed by atoms with Crippen molar-refractivity contribution in [1.29, 1.82) is 0 Å². The fourth-order valence-corrected chi connectivity index (χ4v) is 3.61. The molecule has 0 spiro atoms. The van der Waals surface area contributed by atoms with Crippen molar-refractivity contribution in [1.82, 2.24) is 10.3 Å². The number of hydrogen-bond acceptors (Lipinski definition) is 5. The van der Waals surface area contributed by atoms with E-state index in [-0.39, 0.29) is 12.1 Å². The lowest BCUT2D eigenvalue weighted by atomic mass is 10.1. The molecule has 1 fully saturated rings. The second-order valence-electron chi connectivity index (χ2n) is 4.88. The molecule has 1 aliphatic rings. The van der Waals surface area contributed by atoms with Crippen LogP contribution in [0, 0.1) is 6.92 Å². The highest BCUT2D eigenvalue weighted by Gasteiger charge is 2.29. The van der Waals surface area contributed by atoms with Crippen molar-refractivity contribution in [3.05, 3.63) is 15.6 Å². The molecule has 0 aromatic carbocycles. The number of nitrogens with zero attached hydrogens (tertiary/aromatic N) is 1. The van der Waals surface area contributed by atoms with E-state index in [9.17, 15) is 0 Å². The van der Waals surface area contributed by atoms with Gasteiger partial charge in [-0.2, -0.15) is 0 Å². The Morgan fingerprint density at radius 1 is 1.58 bits per heavy atom. The number of aryl methyl sites for hydroxylation is 2. The van der Waals surface area contributed by atoms with Crippen LogP contribution in [0.3, 0.4) is 0 Å². The molecule has 5 heteroatoms. The Balaban J connectivity index is 2.10. The van der Waals surface area contributed by atoms with Gasteiger partial charge in [0.05, 0.1) is 24.4 Å². The van der Waals surface area contributed by atoms with Gasteiger partial charge in [-0.3, -0.25) is 0 Å². The molecule has 0 bridgehead atoms. The summed E-state index contributed by atoms with van der Waals surface area (Å²) in [6.45, 7) is 6.74. The molecule has 2 unspecified atom stereocenters. The lowest BCUT2D eigenvalue weighted by Crippen LogP contribution is -2.33. The van der Waals surface area contributed by atoms with Crippen LogP contribution >= 0.6 is 11.3 Å². The van der Waals surface area contributed by atoms with E-state index in [0.717, 1.165) is 37.4 Å². The lowest BCUT2D eigenvalue weighted by Gasteiger charge is -2.22. The van der Waals surface area contributed by atoms with Crippen molar-refractivity contribution >= 4 is 11.3 Å². The number of hydrogen-bond donors (Lipinski definition) is 1. The third kappa shape index (κ3) is 3.75. The first-order valence-electron chi connectivity index (χ1n) is 7.06. The number of aromatic nitrogens is 1. The lowest BCUT2D eigenvalue weighted by molar-refractivity contribution is 0.0747. The van der Waals surface area contributed by atoms with E-state index >= 15 is 0 Å². The summed E-state index contributed by atoms with van der Waals surface area (Å²) in [5.41, 5.74) is 1.22. The Morgan fingerprint density at radius 2 is 2.42 bits per heavy atom. The molecular formula is C14H24N2O2S. The molecule has 4 nitrogen and oxygen atoms in total. The maximum Gasteiger partial charge on any atom is 0.113 e. The van der Waals surface area contributed by atoms with Gasteiger partial charge >= 0.3 is 0 Å². The van der Waals surface area contributed by atoms with Gasteiger partial charge in [-0.05, 0) is 26.2 Å². The molecule has 1 aromatic heterocycles. The van der Waals surface area contributed by atoms with Gasteiger partial charge in [0.2, 0.25) is 0 Å². The molecule has 0 aliphatic carbocycles. The summed E-state index contributed by atoms with van der Waals surface area (Å²) in [6, 6.07) is 0.210. The van der Waals surface area contributed by atoms with Crippen LogP contribution in [0.4, 0.5) is 0 Å². The highest BCUT2D eigenvalue weighted by atomic mass is 32.1.